The summed E-state index contributed by atoms with van der Waals surface area (Å²) in [6, 6.07) is 17.7. The third-order valence-electron chi connectivity index (χ3n) is 5.41. The zero-order chi connectivity index (χ0) is 23.3. The second-order valence-electron chi connectivity index (χ2n) is 7.43. The van der Waals surface area contributed by atoms with E-state index in [0.29, 0.717) is 27.6 Å². The van der Waals surface area contributed by atoms with Gasteiger partial charge in [-0.1, -0.05) is 41.9 Å². The average molecular weight is 459 g/mol. The van der Waals surface area contributed by atoms with Crippen LogP contribution in [0.3, 0.4) is 0 Å². The van der Waals surface area contributed by atoms with Crippen LogP contribution in [0.4, 0.5) is 11.4 Å². The maximum atomic E-state index is 12.9. The molecular formula is C24H15ClN4O4. The summed E-state index contributed by atoms with van der Waals surface area (Å²) in [5.74, 6) is -1.46. The summed E-state index contributed by atoms with van der Waals surface area (Å²) in [6.45, 7) is 0. The first kappa shape index (κ1) is 20.6. The lowest BCUT2D eigenvalue weighted by molar-refractivity contribution is 0.0924. The summed E-state index contributed by atoms with van der Waals surface area (Å²) >= 11 is 6.39. The molecule has 1 aromatic heterocycles. The maximum absolute atomic E-state index is 12.9. The first-order valence-electron chi connectivity index (χ1n) is 9.91. The lowest BCUT2D eigenvalue weighted by atomic mass is 10.1. The molecule has 3 amide bonds. The zero-order valence-corrected chi connectivity index (χ0v) is 18.0. The van der Waals surface area contributed by atoms with Gasteiger partial charge in [-0.05, 0) is 36.4 Å². The Labute approximate surface area is 192 Å². The molecule has 0 fully saturated rings. The van der Waals surface area contributed by atoms with E-state index in [1.54, 1.807) is 48.5 Å². The molecular weight excluding hydrogens is 444 g/mol. The lowest BCUT2D eigenvalue weighted by Crippen LogP contribution is -2.29. The van der Waals surface area contributed by atoms with Crippen molar-refractivity contribution in [3.63, 3.8) is 0 Å². The predicted octanol–water partition coefficient (Wildman–Crippen LogP) is 3.64. The Morgan fingerprint density at radius 1 is 0.879 bits per heavy atom. The molecule has 1 N–H and O–H groups in total. The SMILES string of the molecule is Cn1nc(C(=O)Nc2ccc(N3C(=O)c4ccccc4C3=O)c(Cl)c2)c2ccccc2c1=O. The second-order valence-corrected chi connectivity index (χ2v) is 7.84. The second kappa shape index (κ2) is 7.68. The van der Waals surface area contributed by atoms with Gasteiger partial charge in [0, 0.05) is 18.1 Å². The maximum Gasteiger partial charge on any atom is 0.276 e. The van der Waals surface area contributed by atoms with Crippen molar-refractivity contribution in [3.05, 3.63) is 98.9 Å². The van der Waals surface area contributed by atoms with E-state index in [9.17, 15) is 19.2 Å². The number of amides is 3. The van der Waals surface area contributed by atoms with E-state index in [4.69, 9.17) is 11.6 Å². The fourth-order valence-corrected chi connectivity index (χ4v) is 4.10. The number of imide groups is 1. The van der Waals surface area contributed by atoms with Crippen molar-refractivity contribution in [1.29, 1.82) is 0 Å². The van der Waals surface area contributed by atoms with Gasteiger partial charge in [0.05, 0.1) is 27.2 Å². The predicted molar refractivity (Wildman–Crippen MR) is 124 cm³/mol. The first-order chi connectivity index (χ1) is 15.9. The number of rotatable bonds is 3. The Kier molecular flexibility index (Phi) is 4.79. The van der Waals surface area contributed by atoms with Gasteiger partial charge in [0.25, 0.3) is 23.3 Å². The summed E-state index contributed by atoms with van der Waals surface area (Å²) < 4.78 is 1.11. The molecule has 33 heavy (non-hydrogen) atoms. The van der Waals surface area contributed by atoms with Crippen molar-refractivity contribution < 1.29 is 14.4 Å². The topological polar surface area (TPSA) is 101 Å². The van der Waals surface area contributed by atoms with Gasteiger partial charge in [0.15, 0.2) is 5.69 Å². The van der Waals surface area contributed by atoms with E-state index >= 15 is 0 Å². The molecule has 0 spiro atoms. The zero-order valence-electron chi connectivity index (χ0n) is 17.2. The number of aromatic nitrogens is 2. The number of aryl methyl sites for hydroxylation is 1. The van der Waals surface area contributed by atoms with Gasteiger partial charge in [-0.2, -0.15) is 5.10 Å². The van der Waals surface area contributed by atoms with Crippen LogP contribution in [0, 0.1) is 0 Å². The minimum atomic E-state index is -0.536. The number of fused-ring (bicyclic) bond motifs is 2. The van der Waals surface area contributed by atoms with Gasteiger partial charge in [0.1, 0.15) is 0 Å². The number of carbonyl (C=O) groups is 3. The van der Waals surface area contributed by atoms with Crippen molar-refractivity contribution in [1.82, 2.24) is 9.78 Å². The standard InChI is InChI=1S/C24H15ClN4O4/c1-28-22(31)15-7-3-2-6-14(15)20(27-28)21(30)26-13-10-11-19(18(25)12-13)29-23(32)16-8-4-5-9-17(16)24(29)33/h2-12H,1H3,(H,26,30). The molecule has 0 bridgehead atoms. The lowest BCUT2D eigenvalue weighted by Gasteiger charge is -2.16. The van der Waals surface area contributed by atoms with Gasteiger partial charge in [0.2, 0.25) is 0 Å². The van der Waals surface area contributed by atoms with Gasteiger partial charge in [-0.15, -0.1) is 0 Å². The van der Waals surface area contributed by atoms with E-state index in [0.717, 1.165) is 9.58 Å². The molecule has 0 saturated heterocycles. The molecule has 2 heterocycles. The smallest absolute Gasteiger partial charge is 0.276 e. The summed E-state index contributed by atoms with van der Waals surface area (Å²) in [7, 11) is 1.47. The molecule has 0 atom stereocenters. The Morgan fingerprint density at radius 2 is 1.48 bits per heavy atom. The molecule has 4 aromatic rings. The summed E-state index contributed by atoms with van der Waals surface area (Å²) in [5.41, 5.74) is 0.938. The highest BCUT2D eigenvalue weighted by Crippen LogP contribution is 2.35. The highest BCUT2D eigenvalue weighted by molar-refractivity contribution is 6.40. The van der Waals surface area contributed by atoms with E-state index < -0.39 is 17.7 Å². The number of anilines is 2. The average Bonchev–Trinajstić information content (AvgIpc) is 3.07. The molecule has 0 aliphatic carbocycles. The number of benzene rings is 3. The van der Waals surface area contributed by atoms with Gasteiger partial charge < -0.3 is 5.32 Å². The summed E-state index contributed by atoms with van der Waals surface area (Å²) in [4.78, 5) is 51.7. The Hall–Kier alpha value is -4.30. The Balaban J connectivity index is 1.46. The minimum absolute atomic E-state index is 0.0771. The third-order valence-corrected chi connectivity index (χ3v) is 5.71. The van der Waals surface area contributed by atoms with Crippen LogP contribution in [0.5, 0.6) is 0 Å². The number of hydrogen-bond donors (Lipinski definition) is 1. The van der Waals surface area contributed by atoms with E-state index in [1.165, 1.54) is 25.2 Å². The number of hydrogen-bond acceptors (Lipinski definition) is 5. The molecule has 0 radical (unpaired) electrons. The normalized spacial score (nSPS) is 12.8. The monoisotopic (exact) mass is 458 g/mol. The van der Waals surface area contributed by atoms with Crippen molar-refractivity contribution in [2.75, 3.05) is 10.2 Å². The van der Waals surface area contributed by atoms with Crippen molar-refractivity contribution in [3.8, 4) is 0 Å². The molecule has 1 aliphatic rings. The van der Waals surface area contributed by atoms with E-state index in [-0.39, 0.29) is 22.0 Å². The Morgan fingerprint density at radius 3 is 2.12 bits per heavy atom. The molecule has 9 heteroatoms. The van der Waals surface area contributed by atoms with Crippen LogP contribution in [-0.2, 0) is 7.05 Å². The van der Waals surface area contributed by atoms with Crippen LogP contribution in [0.1, 0.15) is 31.2 Å². The number of nitrogens with one attached hydrogen (secondary N) is 1. The third kappa shape index (κ3) is 3.28. The van der Waals surface area contributed by atoms with Crippen LogP contribution in [0.2, 0.25) is 5.02 Å². The van der Waals surface area contributed by atoms with Gasteiger partial charge >= 0.3 is 0 Å². The fourth-order valence-electron chi connectivity index (χ4n) is 3.83. The molecule has 0 unspecified atom stereocenters. The molecule has 1 aliphatic heterocycles. The number of halogens is 1. The summed E-state index contributed by atoms with van der Waals surface area (Å²) in [6.07, 6.45) is 0. The van der Waals surface area contributed by atoms with Crippen LogP contribution in [0.25, 0.3) is 10.8 Å². The van der Waals surface area contributed by atoms with Crippen molar-refractivity contribution in [2.24, 2.45) is 7.05 Å². The van der Waals surface area contributed by atoms with Gasteiger partial charge in [-0.25, -0.2) is 9.58 Å². The van der Waals surface area contributed by atoms with Crippen molar-refractivity contribution in [2.45, 2.75) is 0 Å². The summed E-state index contributed by atoms with van der Waals surface area (Å²) in [5, 5.41) is 7.72. The molecule has 0 saturated carbocycles. The van der Waals surface area contributed by atoms with Gasteiger partial charge in [-0.3, -0.25) is 19.2 Å². The minimum Gasteiger partial charge on any atom is -0.321 e. The molecule has 3 aromatic carbocycles. The van der Waals surface area contributed by atoms with Crippen LogP contribution in [0.15, 0.2) is 71.5 Å². The van der Waals surface area contributed by atoms with Crippen LogP contribution < -0.4 is 15.8 Å². The molecule has 8 nitrogen and oxygen atoms in total. The quantitative estimate of drug-likeness (QED) is 0.472. The number of nitrogens with zero attached hydrogens (tertiary/aromatic N) is 3. The Bertz CT molecular complexity index is 1530. The first-order valence-corrected chi connectivity index (χ1v) is 10.3. The molecule has 162 valence electrons. The fraction of sp³-hybridized carbons (Fsp3) is 0.0417. The highest BCUT2D eigenvalue weighted by Gasteiger charge is 2.37. The molecule has 5 rings (SSSR count). The van der Waals surface area contributed by atoms with Crippen molar-refractivity contribution >= 4 is 51.5 Å². The number of carbonyl (C=O) groups excluding carboxylic acids is 3. The van der Waals surface area contributed by atoms with Crippen LogP contribution in [-0.4, -0.2) is 27.5 Å². The highest BCUT2D eigenvalue weighted by atomic mass is 35.5. The largest absolute Gasteiger partial charge is 0.321 e. The van der Waals surface area contributed by atoms with E-state index in [2.05, 4.69) is 10.4 Å². The van der Waals surface area contributed by atoms with Crippen LogP contribution >= 0.6 is 11.6 Å². The van der Waals surface area contributed by atoms with E-state index in [1.807, 2.05) is 0 Å².